The molecule has 29 heavy (non-hydrogen) atoms. The van der Waals surface area contributed by atoms with E-state index in [-0.39, 0.29) is 10.8 Å². The van der Waals surface area contributed by atoms with Crippen molar-refractivity contribution < 1.29 is 20.8 Å². The van der Waals surface area contributed by atoms with Crippen LogP contribution in [0.5, 0.6) is 0 Å². The lowest BCUT2D eigenvalue weighted by atomic mass is 10.0. The van der Waals surface area contributed by atoms with Crippen molar-refractivity contribution in [1.29, 1.82) is 0 Å². The van der Waals surface area contributed by atoms with E-state index >= 15 is 4.39 Å². The van der Waals surface area contributed by atoms with Crippen molar-refractivity contribution in [2.45, 2.75) is 26.3 Å². The lowest BCUT2D eigenvalue weighted by molar-refractivity contribution is -0.120. The van der Waals surface area contributed by atoms with Crippen LogP contribution in [0.3, 0.4) is 0 Å². The van der Waals surface area contributed by atoms with Gasteiger partial charge in [-0.15, -0.1) is 0 Å². The quantitative estimate of drug-likeness (QED) is 0.609. The van der Waals surface area contributed by atoms with Crippen LogP contribution < -0.4 is 15.1 Å². The molecule has 1 aliphatic heterocycles. The minimum absolute atomic E-state index is 0.119. The highest BCUT2D eigenvalue weighted by atomic mass is 32.1. The Morgan fingerprint density at radius 3 is 2.72 bits per heavy atom. The fourth-order valence-electron chi connectivity index (χ4n) is 3.07. The van der Waals surface area contributed by atoms with Gasteiger partial charge >= 0.3 is 0 Å². The van der Waals surface area contributed by atoms with E-state index in [0.29, 0.717) is 16.9 Å². The normalized spacial score (nSPS) is 18.4. The van der Waals surface area contributed by atoms with Gasteiger partial charge in [-0.05, 0) is 68.8 Å². The van der Waals surface area contributed by atoms with Gasteiger partial charge in [0, 0.05) is 22.5 Å². The highest BCUT2D eigenvalue weighted by molar-refractivity contribution is 7.81. The van der Waals surface area contributed by atoms with Crippen molar-refractivity contribution in [2.75, 3.05) is 16.8 Å². The van der Waals surface area contributed by atoms with Gasteiger partial charge in [0.1, 0.15) is 11.4 Å². The molecule has 2 aromatic rings. The number of thiocarbonyl (C=S) groups is 1. The smallest absolute Gasteiger partial charge is 0.259 e. The minimum Gasteiger partial charge on any atom is -0.355 e. The Hall–Kier alpha value is -3.31. The van der Waals surface area contributed by atoms with Crippen LogP contribution in [-0.2, 0) is 4.79 Å². The summed E-state index contributed by atoms with van der Waals surface area (Å²) < 4.78 is 53.0. The number of hydrogen-bond acceptors (Lipinski definition) is 3. The van der Waals surface area contributed by atoms with Crippen LogP contribution in [0.1, 0.15) is 36.6 Å². The molecule has 0 radical (unpaired) electrons. The molecule has 1 fully saturated rings. The van der Waals surface area contributed by atoms with E-state index in [1.165, 1.54) is 35.8 Å². The maximum absolute atomic E-state index is 15.0. The Bertz CT molecular complexity index is 1290. The monoisotopic (exact) mass is 415 g/mol. The van der Waals surface area contributed by atoms with Crippen LogP contribution >= 0.6 is 12.2 Å². The molecule has 6 nitrogen and oxygen atoms in total. The first kappa shape index (κ1) is 14.7. The Kier molecular flexibility index (Phi) is 3.67. The molecule has 148 valence electrons. The van der Waals surface area contributed by atoms with E-state index in [9.17, 15) is 9.59 Å². The molecule has 3 rings (SSSR count). The van der Waals surface area contributed by atoms with Crippen molar-refractivity contribution in [3.8, 4) is 0 Å². The topological polar surface area (TPSA) is 57.0 Å². The average molecular weight is 416 g/mol. The third kappa shape index (κ3) is 3.23. The summed E-state index contributed by atoms with van der Waals surface area (Å²) in [5.74, 6) is -3.16. The lowest BCUT2D eigenvalue weighted by Crippen LogP contribution is -2.44. The molecule has 0 unspecified atom stereocenters. The van der Waals surface area contributed by atoms with Crippen molar-refractivity contribution in [2.24, 2.45) is 0 Å². The van der Waals surface area contributed by atoms with Gasteiger partial charge in [0.05, 0.1) is 14.9 Å². The highest BCUT2D eigenvalue weighted by Crippen LogP contribution is 2.37. The molecule has 1 N–H and O–H groups in total. The molecule has 2 aromatic carbocycles. The number of carbonyl (C=O) groups is 2. The number of amides is 2. The zero-order valence-electron chi connectivity index (χ0n) is 20.8. The zero-order chi connectivity index (χ0) is 25.7. The molecule has 8 heteroatoms. The van der Waals surface area contributed by atoms with E-state index in [1.54, 1.807) is 18.3 Å². The van der Waals surface area contributed by atoms with Crippen LogP contribution in [-0.4, -0.2) is 29.4 Å². The maximum Gasteiger partial charge on any atom is 0.259 e. The van der Waals surface area contributed by atoms with Gasteiger partial charge in [-0.2, -0.15) is 0 Å². The summed E-state index contributed by atoms with van der Waals surface area (Å²) in [6.07, 6.45) is 0. The van der Waals surface area contributed by atoms with Gasteiger partial charge in [-0.25, -0.2) is 9.24 Å². The Balaban J connectivity index is 2.13. The van der Waals surface area contributed by atoms with E-state index in [2.05, 4.69) is 4.85 Å². The number of carbonyl (C=O) groups excluding carboxylic acids is 2. The Labute approximate surface area is 180 Å². The number of aryl methyl sites for hydroxylation is 1. The molecule has 0 atom stereocenters. The first-order valence-corrected chi connectivity index (χ1v) is 8.81. The summed E-state index contributed by atoms with van der Waals surface area (Å²) in [5.41, 5.74) is -1.19. The molecule has 0 bridgehead atoms. The second-order valence-corrected chi connectivity index (χ2v) is 7.21. The summed E-state index contributed by atoms with van der Waals surface area (Å²) in [4.78, 5) is 31.2. The molecule has 0 spiro atoms. The van der Waals surface area contributed by atoms with E-state index < -0.39 is 47.8 Å². The number of benzene rings is 2. The summed E-state index contributed by atoms with van der Waals surface area (Å²) >= 11 is 5.50. The zero-order valence-corrected chi connectivity index (χ0v) is 16.6. The van der Waals surface area contributed by atoms with Crippen LogP contribution in [0.15, 0.2) is 36.4 Å². The van der Waals surface area contributed by atoms with E-state index in [1.807, 2.05) is 0 Å². The molecule has 1 saturated heterocycles. The molecule has 0 saturated carbocycles. The highest BCUT2D eigenvalue weighted by Gasteiger charge is 2.50. The molecular formula is C21H19FN4O2S. The van der Waals surface area contributed by atoms with Gasteiger partial charge < -0.3 is 10.2 Å². The van der Waals surface area contributed by atoms with E-state index in [4.69, 9.17) is 25.6 Å². The van der Waals surface area contributed by atoms with Crippen LogP contribution in [0.4, 0.5) is 21.5 Å². The lowest BCUT2D eigenvalue weighted by Gasteiger charge is -2.29. The van der Waals surface area contributed by atoms with Crippen molar-refractivity contribution in [3.05, 3.63) is 64.7 Å². The predicted octanol–water partition coefficient (Wildman–Crippen LogP) is 3.96. The SMILES string of the molecule is [2H]c1cc(C(=O)NC([2H])([2H])[2H])c(F)c([2H])c1N1C(=S)N(c2ccc([N+]#[C-])c(C)c2)C(=O)C1(C)C. The van der Waals surface area contributed by atoms with Gasteiger partial charge in [-0.3, -0.25) is 14.5 Å². The number of anilines is 2. The molecule has 2 amide bonds. The number of halogens is 1. The summed E-state index contributed by atoms with van der Waals surface area (Å²) in [6, 6.07) is 4.09. The van der Waals surface area contributed by atoms with E-state index in [0.717, 1.165) is 6.07 Å². The van der Waals surface area contributed by atoms with Gasteiger partial charge in [0.15, 0.2) is 10.8 Å². The van der Waals surface area contributed by atoms with Crippen LogP contribution in [0.2, 0.25) is 0 Å². The standard InChI is InChI=1S/C21H19FN4O2S/c1-12-10-13(7-9-17(12)23-4)25-19(28)21(2,3)26(20(25)29)14-6-8-15(16(22)11-14)18(27)24-5/h6-11H,1-3,5H3,(H,24,27)/i5D3,6D,11D. The molecule has 0 aliphatic carbocycles. The molecule has 1 aliphatic rings. The average Bonchev–Trinajstić information content (AvgIpc) is 2.88. The van der Waals surface area contributed by atoms with Crippen molar-refractivity contribution >= 4 is 46.2 Å². The van der Waals surface area contributed by atoms with Gasteiger partial charge in [-0.1, -0.05) is 6.07 Å². The van der Waals surface area contributed by atoms with Crippen molar-refractivity contribution in [1.82, 2.24) is 5.32 Å². The van der Waals surface area contributed by atoms with Gasteiger partial charge in [0.25, 0.3) is 11.8 Å². The number of rotatable bonds is 3. The summed E-state index contributed by atoms with van der Waals surface area (Å²) in [5, 5.41) is 1.51. The minimum atomic E-state index is -2.89. The number of nitrogens with one attached hydrogen (secondary N) is 1. The Morgan fingerprint density at radius 1 is 1.38 bits per heavy atom. The fraction of sp³-hybridized carbons (Fsp3) is 0.238. The first-order valence-electron chi connectivity index (χ1n) is 10.9. The van der Waals surface area contributed by atoms with Crippen molar-refractivity contribution in [3.63, 3.8) is 0 Å². The third-order valence-electron chi connectivity index (χ3n) is 4.63. The second-order valence-electron chi connectivity index (χ2n) is 6.84. The molecular weight excluding hydrogens is 391 g/mol. The van der Waals surface area contributed by atoms with Gasteiger partial charge in [0.2, 0.25) is 0 Å². The van der Waals surface area contributed by atoms with Crippen LogP contribution in [0, 0.1) is 19.3 Å². The predicted molar refractivity (Wildman–Crippen MR) is 114 cm³/mol. The third-order valence-corrected chi connectivity index (χ3v) is 4.99. The maximum atomic E-state index is 15.0. The number of nitrogens with zero attached hydrogens (tertiary/aromatic N) is 3. The Morgan fingerprint density at radius 2 is 2.10 bits per heavy atom. The number of hydrogen-bond donors (Lipinski definition) is 1. The fourth-order valence-corrected chi connectivity index (χ4v) is 3.57. The molecule has 1 heterocycles. The first-order chi connectivity index (χ1) is 15.6. The summed E-state index contributed by atoms with van der Waals surface area (Å²) in [6.45, 7) is 8.99. The largest absolute Gasteiger partial charge is 0.355 e. The second kappa shape index (κ2) is 7.26. The molecule has 0 aromatic heterocycles. The summed E-state index contributed by atoms with van der Waals surface area (Å²) in [7, 11) is 0. The van der Waals surface area contributed by atoms with Crippen LogP contribution in [0.25, 0.3) is 4.85 Å².